The third kappa shape index (κ3) is 2.94. The predicted octanol–water partition coefficient (Wildman–Crippen LogP) is 0.0776. The molecule has 0 radical (unpaired) electrons. The maximum atomic E-state index is 11.8. The number of carbonyl (C=O) groups excluding carboxylic acids is 1. The standard InChI is InChI=1S/C11H19N3O2/c1-9(8-12)13-4-6-14(7-5-13)11(15)10(2)16-3/h9-10H,4-7H2,1-3H3. The summed E-state index contributed by atoms with van der Waals surface area (Å²) in [5, 5.41) is 8.80. The van der Waals surface area contributed by atoms with Crippen molar-refractivity contribution >= 4 is 5.91 Å². The van der Waals surface area contributed by atoms with Crippen LogP contribution in [0.3, 0.4) is 0 Å². The van der Waals surface area contributed by atoms with Gasteiger partial charge in [0.05, 0.1) is 12.1 Å². The maximum absolute atomic E-state index is 11.8. The third-order valence-corrected chi connectivity index (χ3v) is 3.06. The van der Waals surface area contributed by atoms with Gasteiger partial charge < -0.3 is 9.64 Å². The second kappa shape index (κ2) is 5.83. The van der Waals surface area contributed by atoms with Crippen LogP contribution in [0.4, 0.5) is 0 Å². The number of ether oxygens (including phenoxy) is 1. The van der Waals surface area contributed by atoms with E-state index in [1.807, 2.05) is 6.92 Å². The first-order chi connectivity index (χ1) is 7.60. The van der Waals surface area contributed by atoms with Gasteiger partial charge in [-0.1, -0.05) is 0 Å². The van der Waals surface area contributed by atoms with Crippen molar-refractivity contribution in [3.05, 3.63) is 0 Å². The van der Waals surface area contributed by atoms with E-state index in [1.54, 1.807) is 11.8 Å². The number of piperazine rings is 1. The average Bonchev–Trinajstić information content (AvgIpc) is 2.36. The lowest BCUT2D eigenvalue weighted by Gasteiger charge is -2.36. The van der Waals surface area contributed by atoms with Crippen molar-refractivity contribution in [2.24, 2.45) is 0 Å². The Bertz CT molecular complexity index is 279. The molecular formula is C11H19N3O2. The third-order valence-electron chi connectivity index (χ3n) is 3.06. The van der Waals surface area contributed by atoms with Gasteiger partial charge in [0.25, 0.3) is 5.91 Å². The zero-order valence-electron chi connectivity index (χ0n) is 10.1. The smallest absolute Gasteiger partial charge is 0.251 e. The van der Waals surface area contributed by atoms with E-state index in [4.69, 9.17) is 10.00 Å². The lowest BCUT2D eigenvalue weighted by atomic mass is 10.2. The fourth-order valence-corrected chi connectivity index (χ4v) is 1.77. The molecule has 0 aromatic carbocycles. The van der Waals surface area contributed by atoms with E-state index in [-0.39, 0.29) is 18.1 Å². The molecule has 5 nitrogen and oxygen atoms in total. The summed E-state index contributed by atoms with van der Waals surface area (Å²) in [7, 11) is 1.54. The number of hydrogen-bond donors (Lipinski definition) is 0. The Labute approximate surface area is 96.6 Å². The molecule has 0 bridgehead atoms. The van der Waals surface area contributed by atoms with Crippen LogP contribution in [0.15, 0.2) is 0 Å². The Morgan fingerprint density at radius 1 is 1.31 bits per heavy atom. The Balaban J connectivity index is 2.43. The highest BCUT2D eigenvalue weighted by molar-refractivity contribution is 5.80. The quantitative estimate of drug-likeness (QED) is 0.682. The molecule has 5 heteroatoms. The Morgan fingerprint density at radius 3 is 2.31 bits per heavy atom. The van der Waals surface area contributed by atoms with Crippen molar-refractivity contribution in [2.45, 2.75) is 26.0 Å². The molecule has 0 N–H and O–H groups in total. The average molecular weight is 225 g/mol. The molecule has 2 unspecified atom stereocenters. The van der Waals surface area contributed by atoms with E-state index in [9.17, 15) is 4.79 Å². The normalized spacial score (nSPS) is 21.2. The predicted molar refractivity (Wildman–Crippen MR) is 59.7 cm³/mol. The van der Waals surface area contributed by atoms with Gasteiger partial charge >= 0.3 is 0 Å². The molecule has 16 heavy (non-hydrogen) atoms. The van der Waals surface area contributed by atoms with Gasteiger partial charge in [-0.25, -0.2) is 0 Å². The van der Waals surface area contributed by atoms with E-state index < -0.39 is 0 Å². The monoisotopic (exact) mass is 225 g/mol. The van der Waals surface area contributed by atoms with Crippen LogP contribution in [0.25, 0.3) is 0 Å². The van der Waals surface area contributed by atoms with E-state index in [0.29, 0.717) is 13.1 Å². The molecule has 1 aliphatic heterocycles. The van der Waals surface area contributed by atoms with Gasteiger partial charge in [-0.15, -0.1) is 0 Å². The second-order valence-corrected chi connectivity index (χ2v) is 4.04. The number of nitriles is 1. The highest BCUT2D eigenvalue weighted by Gasteiger charge is 2.26. The molecule has 0 saturated carbocycles. The zero-order chi connectivity index (χ0) is 12.1. The first-order valence-electron chi connectivity index (χ1n) is 5.55. The summed E-state index contributed by atoms with van der Waals surface area (Å²) in [6.45, 7) is 6.52. The summed E-state index contributed by atoms with van der Waals surface area (Å²) in [5.74, 6) is 0.0340. The number of nitrogens with zero attached hydrogens (tertiary/aromatic N) is 3. The number of hydrogen-bond acceptors (Lipinski definition) is 4. The van der Waals surface area contributed by atoms with Crippen LogP contribution in [0.2, 0.25) is 0 Å². The van der Waals surface area contributed by atoms with E-state index in [0.717, 1.165) is 13.1 Å². The first kappa shape index (κ1) is 12.9. The van der Waals surface area contributed by atoms with Gasteiger partial charge in [-0.3, -0.25) is 9.69 Å². The minimum absolute atomic E-state index is 0.0340. The van der Waals surface area contributed by atoms with Gasteiger partial charge in [-0.2, -0.15) is 5.26 Å². The zero-order valence-corrected chi connectivity index (χ0v) is 10.1. The van der Waals surface area contributed by atoms with Crippen molar-refractivity contribution in [3.63, 3.8) is 0 Å². The minimum Gasteiger partial charge on any atom is -0.372 e. The summed E-state index contributed by atoms with van der Waals surface area (Å²) in [6, 6.07) is 2.14. The highest BCUT2D eigenvalue weighted by atomic mass is 16.5. The van der Waals surface area contributed by atoms with Crippen molar-refractivity contribution in [1.29, 1.82) is 5.26 Å². The van der Waals surface area contributed by atoms with Crippen LogP contribution < -0.4 is 0 Å². The van der Waals surface area contributed by atoms with E-state index in [1.165, 1.54) is 7.11 Å². The Hall–Kier alpha value is -1.12. The molecular weight excluding hydrogens is 206 g/mol. The maximum Gasteiger partial charge on any atom is 0.251 e. The topological polar surface area (TPSA) is 56.6 Å². The fourth-order valence-electron chi connectivity index (χ4n) is 1.77. The molecule has 1 amide bonds. The molecule has 1 saturated heterocycles. The molecule has 0 aliphatic carbocycles. The van der Waals surface area contributed by atoms with Gasteiger partial charge in [0, 0.05) is 33.3 Å². The number of amides is 1. The van der Waals surface area contributed by atoms with E-state index in [2.05, 4.69) is 11.0 Å². The van der Waals surface area contributed by atoms with Gasteiger partial charge in [0.15, 0.2) is 0 Å². The highest BCUT2D eigenvalue weighted by Crippen LogP contribution is 2.07. The summed E-state index contributed by atoms with van der Waals surface area (Å²) in [6.07, 6.45) is -0.375. The van der Waals surface area contributed by atoms with Crippen molar-refractivity contribution in [2.75, 3.05) is 33.3 Å². The fraction of sp³-hybridized carbons (Fsp3) is 0.818. The molecule has 0 spiro atoms. The van der Waals surface area contributed by atoms with Crippen LogP contribution in [0.5, 0.6) is 0 Å². The SMILES string of the molecule is COC(C)C(=O)N1CCN(C(C)C#N)CC1. The van der Waals surface area contributed by atoms with Crippen molar-refractivity contribution < 1.29 is 9.53 Å². The minimum atomic E-state index is -0.375. The van der Waals surface area contributed by atoms with Crippen LogP contribution in [-0.4, -0.2) is 61.1 Å². The first-order valence-corrected chi connectivity index (χ1v) is 5.55. The Kier molecular flexibility index (Phi) is 4.71. The van der Waals surface area contributed by atoms with Gasteiger partial charge in [-0.05, 0) is 13.8 Å². The lowest BCUT2D eigenvalue weighted by Crippen LogP contribution is -2.53. The summed E-state index contributed by atoms with van der Waals surface area (Å²) < 4.78 is 5.00. The molecule has 0 aromatic rings. The van der Waals surface area contributed by atoms with Crippen LogP contribution in [0, 0.1) is 11.3 Å². The molecule has 1 fully saturated rings. The largest absolute Gasteiger partial charge is 0.372 e. The van der Waals surface area contributed by atoms with Crippen LogP contribution >= 0.6 is 0 Å². The van der Waals surface area contributed by atoms with Gasteiger partial charge in [0.2, 0.25) is 0 Å². The molecule has 0 aromatic heterocycles. The van der Waals surface area contributed by atoms with Crippen LogP contribution in [-0.2, 0) is 9.53 Å². The van der Waals surface area contributed by atoms with Crippen molar-refractivity contribution in [3.8, 4) is 6.07 Å². The van der Waals surface area contributed by atoms with Crippen LogP contribution in [0.1, 0.15) is 13.8 Å². The molecule has 1 aliphatic rings. The number of methoxy groups -OCH3 is 1. The summed E-state index contributed by atoms with van der Waals surface area (Å²) in [4.78, 5) is 15.7. The molecule has 1 heterocycles. The van der Waals surface area contributed by atoms with E-state index >= 15 is 0 Å². The number of rotatable bonds is 3. The van der Waals surface area contributed by atoms with Crippen molar-refractivity contribution in [1.82, 2.24) is 9.80 Å². The summed E-state index contributed by atoms with van der Waals surface area (Å²) >= 11 is 0. The Morgan fingerprint density at radius 2 is 1.88 bits per heavy atom. The number of carbonyl (C=O) groups is 1. The lowest BCUT2D eigenvalue weighted by molar-refractivity contribution is -0.142. The molecule has 90 valence electrons. The molecule has 1 rings (SSSR count). The van der Waals surface area contributed by atoms with Gasteiger partial charge in [0.1, 0.15) is 6.10 Å². The second-order valence-electron chi connectivity index (χ2n) is 4.04. The molecule has 2 atom stereocenters. The summed E-state index contributed by atoms with van der Waals surface area (Å²) in [5.41, 5.74) is 0.